The molecule has 3 heteroatoms. The number of thiazole rings is 1. The van der Waals surface area contributed by atoms with Crippen LogP contribution in [-0.2, 0) is 0 Å². The highest BCUT2D eigenvalue weighted by atomic mass is 79.9. The standard InChI is InChI=1S/C8H12BrNS/c1-8(2,3)6(9)7-10-4-5-11-7/h4-6H,1-3H3. The minimum absolute atomic E-state index is 0.248. The van der Waals surface area contributed by atoms with Gasteiger partial charge in [0.15, 0.2) is 0 Å². The molecule has 1 aromatic heterocycles. The normalized spacial score (nSPS) is 14.9. The van der Waals surface area contributed by atoms with E-state index in [1.807, 2.05) is 11.6 Å². The first-order valence-corrected chi connectivity index (χ1v) is 5.35. The van der Waals surface area contributed by atoms with Crippen molar-refractivity contribution in [3.8, 4) is 0 Å². The van der Waals surface area contributed by atoms with Gasteiger partial charge >= 0.3 is 0 Å². The van der Waals surface area contributed by atoms with Crippen LogP contribution in [0, 0.1) is 5.41 Å². The van der Waals surface area contributed by atoms with Crippen molar-refractivity contribution in [2.45, 2.75) is 25.6 Å². The van der Waals surface area contributed by atoms with Gasteiger partial charge in [0.05, 0.1) is 4.83 Å². The quantitative estimate of drug-likeness (QED) is 0.676. The summed E-state index contributed by atoms with van der Waals surface area (Å²) in [5, 5.41) is 3.17. The molecule has 0 aliphatic rings. The third-order valence-corrected chi connectivity index (χ3v) is 4.38. The molecule has 62 valence electrons. The Morgan fingerprint density at radius 3 is 2.55 bits per heavy atom. The lowest BCUT2D eigenvalue weighted by Crippen LogP contribution is -2.12. The molecule has 0 spiro atoms. The van der Waals surface area contributed by atoms with Crippen LogP contribution in [0.1, 0.15) is 30.6 Å². The maximum absolute atomic E-state index is 4.25. The Bertz CT molecular complexity index is 212. The van der Waals surface area contributed by atoms with Crippen LogP contribution in [-0.4, -0.2) is 4.98 Å². The van der Waals surface area contributed by atoms with Gasteiger partial charge in [-0.15, -0.1) is 11.3 Å². The lowest BCUT2D eigenvalue weighted by molar-refractivity contribution is 0.406. The number of hydrogen-bond donors (Lipinski definition) is 0. The van der Waals surface area contributed by atoms with Crippen molar-refractivity contribution in [1.29, 1.82) is 0 Å². The molecular formula is C8H12BrNS. The van der Waals surface area contributed by atoms with Crippen LogP contribution in [0.25, 0.3) is 0 Å². The largest absolute Gasteiger partial charge is 0.248 e. The van der Waals surface area contributed by atoms with Crippen molar-refractivity contribution >= 4 is 27.3 Å². The van der Waals surface area contributed by atoms with Gasteiger partial charge in [-0.3, -0.25) is 0 Å². The van der Waals surface area contributed by atoms with E-state index in [9.17, 15) is 0 Å². The molecule has 0 aliphatic heterocycles. The minimum atomic E-state index is 0.248. The van der Waals surface area contributed by atoms with Gasteiger partial charge < -0.3 is 0 Å². The molecule has 0 amide bonds. The van der Waals surface area contributed by atoms with Crippen LogP contribution in [0.3, 0.4) is 0 Å². The topological polar surface area (TPSA) is 12.9 Å². The van der Waals surface area contributed by atoms with E-state index < -0.39 is 0 Å². The minimum Gasteiger partial charge on any atom is -0.248 e. The van der Waals surface area contributed by atoms with E-state index in [1.165, 1.54) is 0 Å². The molecule has 1 aromatic rings. The predicted octanol–water partition coefficient (Wildman–Crippen LogP) is 3.63. The molecule has 1 unspecified atom stereocenters. The molecule has 1 atom stereocenters. The predicted molar refractivity (Wildman–Crippen MR) is 53.2 cm³/mol. The van der Waals surface area contributed by atoms with Crippen molar-refractivity contribution < 1.29 is 0 Å². The first-order valence-electron chi connectivity index (χ1n) is 3.55. The fraction of sp³-hybridized carbons (Fsp3) is 0.625. The van der Waals surface area contributed by atoms with Gasteiger partial charge in [0.1, 0.15) is 5.01 Å². The number of hydrogen-bond acceptors (Lipinski definition) is 2. The second-order valence-corrected chi connectivity index (χ2v) is 5.44. The van der Waals surface area contributed by atoms with Gasteiger partial charge in [-0.2, -0.15) is 0 Å². The molecule has 0 radical (unpaired) electrons. The van der Waals surface area contributed by atoms with Crippen LogP contribution in [0.5, 0.6) is 0 Å². The van der Waals surface area contributed by atoms with Crippen LogP contribution in [0.2, 0.25) is 0 Å². The van der Waals surface area contributed by atoms with Crippen molar-refractivity contribution in [3.63, 3.8) is 0 Å². The van der Waals surface area contributed by atoms with Crippen molar-refractivity contribution in [1.82, 2.24) is 4.98 Å². The second-order valence-electron chi connectivity index (χ2n) is 3.60. The summed E-state index contributed by atoms with van der Waals surface area (Å²) >= 11 is 5.33. The molecule has 0 fully saturated rings. The fourth-order valence-electron chi connectivity index (χ4n) is 0.730. The summed E-state index contributed by atoms with van der Waals surface area (Å²) in [5.74, 6) is 0. The molecule has 0 saturated heterocycles. The summed E-state index contributed by atoms with van der Waals surface area (Å²) in [7, 11) is 0. The van der Waals surface area contributed by atoms with E-state index >= 15 is 0 Å². The Kier molecular flexibility index (Phi) is 2.70. The SMILES string of the molecule is CC(C)(C)C(Br)c1nccs1. The maximum atomic E-state index is 4.25. The molecule has 0 N–H and O–H groups in total. The van der Waals surface area contributed by atoms with Crippen LogP contribution >= 0.6 is 27.3 Å². The van der Waals surface area contributed by atoms with Gasteiger partial charge in [-0.05, 0) is 5.41 Å². The van der Waals surface area contributed by atoms with Crippen LogP contribution in [0.15, 0.2) is 11.6 Å². The van der Waals surface area contributed by atoms with Gasteiger partial charge in [0.2, 0.25) is 0 Å². The molecule has 1 rings (SSSR count). The summed E-state index contributed by atoms with van der Waals surface area (Å²) < 4.78 is 0. The fourth-order valence-corrected chi connectivity index (χ4v) is 2.03. The smallest absolute Gasteiger partial charge is 0.107 e. The van der Waals surface area contributed by atoms with Crippen LogP contribution < -0.4 is 0 Å². The van der Waals surface area contributed by atoms with Gasteiger partial charge in [0, 0.05) is 11.6 Å². The van der Waals surface area contributed by atoms with Gasteiger partial charge in [0.25, 0.3) is 0 Å². The van der Waals surface area contributed by atoms with E-state index in [0.29, 0.717) is 4.83 Å². The zero-order chi connectivity index (χ0) is 8.48. The molecule has 0 aliphatic carbocycles. The second kappa shape index (κ2) is 3.23. The number of alkyl halides is 1. The van der Waals surface area contributed by atoms with E-state index in [-0.39, 0.29) is 5.41 Å². The maximum Gasteiger partial charge on any atom is 0.107 e. The number of aromatic nitrogens is 1. The molecule has 11 heavy (non-hydrogen) atoms. The molecule has 0 aromatic carbocycles. The Morgan fingerprint density at radius 1 is 1.55 bits per heavy atom. The lowest BCUT2D eigenvalue weighted by Gasteiger charge is -2.23. The highest BCUT2D eigenvalue weighted by Crippen LogP contribution is 2.40. The van der Waals surface area contributed by atoms with Gasteiger partial charge in [-0.1, -0.05) is 36.7 Å². The summed E-state index contributed by atoms with van der Waals surface area (Å²) in [5.41, 5.74) is 0.248. The summed E-state index contributed by atoms with van der Waals surface area (Å²) in [6, 6.07) is 0. The molecular weight excluding hydrogens is 222 g/mol. The number of rotatable bonds is 1. The zero-order valence-corrected chi connectivity index (χ0v) is 9.37. The first kappa shape index (κ1) is 9.20. The first-order chi connectivity index (χ1) is 5.02. The van der Waals surface area contributed by atoms with E-state index in [4.69, 9.17) is 0 Å². The van der Waals surface area contributed by atoms with Crippen molar-refractivity contribution in [3.05, 3.63) is 16.6 Å². The third-order valence-electron chi connectivity index (χ3n) is 1.43. The van der Waals surface area contributed by atoms with E-state index in [2.05, 4.69) is 41.7 Å². The van der Waals surface area contributed by atoms with E-state index in [1.54, 1.807) is 11.3 Å². The molecule has 1 nitrogen and oxygen atoms in total. The Morgan fingerprint density at radius 2 is 2.18 bits per heavy atom. The summed E-state index contributed by atoms with van der Waals surface area (Å²) in [6.45, 7) is 6.61. The number of halogens is 1. The number of nitrogens with zero attached hydrogens (tertiary/aromatic N) is 1. The zero-order valence-electron chi connectivity index (χ0n) is 6.97. The third kappa shape index (κ3) is 2.27. The van der Waals surface area contributed by atoms with E-state index in [0.717, 1.165) is 5.01 Å². The molecule has 0 bridgehead atoms. The molecule has 1 heterocycles. The Balaban J connectivity index is 2.78. The Labute approximate surface area is 80.0 Å². The molecule has 0 saturated carbocycles. The summed E-state index contributed by atoms with van der Waals surface area (Å²) in [6.07, 6.45) is 1.85. The highest BCUT2D eigenvalue weighted by molar-refractivity contribution is 9.09. The van der Waals surface area contributed by atoms with Crippen LogP contribution in [0.4, 0.5) is 0 Å². The lowest BCUT2D eigenvalue weighted by atomic mass is 9.93. The van der Waals surface area contributed by atoms with Crippen molar-refractivity contribution in [2.75, 3.05) is 0 Å². The summed E-state index contributed by atoms with van der Waals surface area (Å²) in [4.78, 5) is 4.62. The highest BCUT2D eigenvalue weighted by Gasteiger charge is 2.25. The van der Waals surface area contributed by atoms with Gasteiger partial charge in [-0.25, -0.2) is 4.98 Å². The average molecular weight is 234 g/mol. The Hall–Kier alpha value is 0.110. The monoisotopic (exact) mass is 233 g/mol. The average Bonchev–Trinajstić information content (AvgIpc) is 2.34. The van der Waals surface area contributed by atoms with Crippen molar-refractivity contribution in [2.24, 2.45) is 5.41 Å².